The molecular formula is C8H9ClF2N2O2. The first-order chi connectivity index (χ1) is 6.62. The molecule has 0 aliphatic carbocycles. The number of ether oxygens (including phenoxy) is 2. The quantitative estimate of drug-likeness (QED) is 0.579. The van der Waals surface area contributed by atoms with Crippen LogP contribution in [0.4, 0.5) is 14.5 Å². The van der Waals surface area contributed by atoms with Gasteiger partial charge in [0.05, 0.1) is 12.3 Å². The Bertz CT molecular complexity index is 362. The predicted molar refractivity (Wildman–Crippen MR) is 51.9 cm³/mol. The molecule has 0 fully saturated rings. The van der Waals surface area contributed by atoms with Gasteiger partial charge in [-0.05, 0) is 12.1 Å². The molecule has 0 amide bonds. The van der Waals surface area contributed by atoms with Crippen LogP contribution >= 0.6 is 12.4 Å². The highest BCUT2D eigenvalue weighted by Crippen LogP contribution is 2.36. The summed E-state index contributed by atoms with van der Waals surface area (Å²) in [6, 6.07) is 4.65. The smallest absolute Gasteiger partial charge is 0.409 e. The molecule has 1 aromatic carbocycles. The Hall–Kier alpha value is -1.11. The Labute approximate surface area is 90.7 Å². The van der Waals surface area contributed by atoms with Gasteiger partial charge in [-0.2, -0.15) is 0 Å². The molecule has 2 rings (SSSR count). The van der Waals surface area contributed by atoms with E-state index in [1.807, 2.05) is 0 Å². The van der Waals surface area contributed by atoms with Crippen LogP contribution in [0.25, 0.3) is 0 Å². The molecule has 0 unspecified atom stereocenters. The number of benzene rings is 1. The van der Waals surface area contributed by atoms with Crippen LogP contribution in [0.2, 0.25) is 0 Å². The summed E-state index contributed by atoms with van der Waals surface area (Å²) >= 11 is 0. The first-order valence-electron chi connectivity index (χ1n) is 3.92. The van der Waals surface area contributed by atoms with E-state index in [1.165, 1.54) is 6.07 Å². The maximum atomic E-state index is 12.6. The van der Waals surface area contributed by atoms with E-state index in [0.29, 0.717) is 11.3 Å². The van der Waals surface area contributed by atoms with E-state index >= 15 is 0 Å². The van der Waals surface area contributed by atoms with E-state index in [4.69, 9.17) is 5.84 Å². The summed E-state index contributed by atoms with van der Waals surface area (Å²) in [5.74, 6) is 5.27. The highest BCUT2D eigenvalue weighted by atomic mass is 35.5. The highest BCUT2D eigenvalue weighted by Gasteiger charge is 2.39. The SMILES string of the molecule is Cl.NNc1cccc2c1COC(F)(F)O2. The van der Waals surface area contributed by atoms with Crippen molar-refractivity contribution in [1.82, 2.24) is 0 Å². The molecule has 4 nitrogen and oxygen atoms in total. The topological polar surface area (TPSA) is 56.5 Å². The van der Waals surface area contributed by atoms with Crippen LogP contribution in [0.15, 0.2) is 18.2 Å². The molecule has 0 saturated heterocycles. The van der Waals surface area contributed by atoms with Crippen molar-refractivity contribution in [2.24, 2.45) is 5.84 Å². The summed E-state index contributed by atoms with van der Waals surface area (Å²) in [5, 5.41) is 0. The number of hydrazine groups is 1. The molecule has 1 heterocycles. The zero-order valence-electron chi connectivity index (χ0n) is 7.50. The molecule has 84 valence electrons. The standard InChI is InChI=1S/C8H8F2N2O2.ClH/c9-8(10)13-4-5-6(12-11)2-1-3-7(5)14-8;/h1-3,12H,4,11H2;1H. The van der Waals surface area contributed by atoms with Gasteiger partial charge in [0.2, 0.25) is 0 Å². The number of fused-ring (bicyclic) bond motifs is 1. The van der Waals surface area contributed by atoms with Gasteiger partial charge in [-0.1, -0.05) is 6.07 Å². The van der Waals surface area contributed by atoms with Gasteiger partial charge < -0.3 is 10.2 Å². The summed E-state index contributed by atoms with van der Waals surface area (Å²) < 4.78 is 33.7. The number of halogens is 3. The van der Waals surface area contributed by atoms with Gasteiger partial charge in [0.1, 0.15) is 5.75 Å². The molecule has 0 radical (unpaired) electrons. The van der Waals surface area contributed by atoms with Crippen molar-refractivity contribution in [3.8, 4) is 5.75 Å². The number of hydrogen-bond donors (Lipinski definition) is 2. The lowest BCUT2D eigenvalue weighted by molar-refractivity contribution is -0.367. The Morgan fingerprint density at radius 2 is 2.13 bits per heavy atom. The second-order valence-electron chi connectivity index (χ2n) is 2.78. The number of anilines is 1. The van der Waals surface area contributed by atoms with Gasteiger partial charge in [-0.25, -0.2) is 0 Å². The summed E-state index contributed by atoms with van der Waals surface area (Å²) in [6.07, 6.45) is -3.56. The van der Waals surface area contributed by atoms with Crippen molar-refractivity contribution in [3.63, 3.8) is 0 Å². The molecule has 1 aliphatic heterocycles. The maximum absolute atomic E-state index is 12.6. The van der Waals surface area contributed by atoms with Gasteiger partial charge in [0.25, 0.3) is 0 Å². The van der Waals surface area contributed by atoms with E-state index in [1.54, 1.807) is 12.1 Å². The van der Waals surface area contributed by atoms with Crippen LogP contribution in [0.3, 0.4) is 0 Å². The number of rotatable bonds is 1. The van der Waals surface area contributed by atoms with Gasteiger partial charge in [-0.3, -0.25) is 10.6 Å². The molecule has 0 atom stereocenters. The largest absolute Gasteiger partial charge is 0.535 e. The first-order valence-corrected chi connectivity index (χ1v) is 3.92. The first kappa shape index (κ1) is 12.0. The molecule has 15 heavy (non-hydrogen) atoms. The Morgan fingerprint density at radius 1 is 1.40 bits per heavy atom. The monoisotopic (exact) mass is 238 g/mol. The third-order valence-electron chi connectivity index (χ3n) is 1.90. The van der Waals surface area contributed by atoms with Crippen LogP contribution in [0, 0.1) is 0 Å². The molecule has 0 spiro atoms. The van der Waals surface area contributed by atoms with E-state index in [2.05, 4.69) is 14.9 Å². The summed E-state index contributed by atoms with van der Waals surface area (Å²) in [6.45, 7) is -0.233. The van der Waals surface area contributed by atoms with E-state index < -0.39 is 6.29 Å². The summed E-state index contributed by atoms with van der Waals surface area (Å²) in [7, 11) is 0. The Kier molecular flexibility index (Phi) is 3.33. The summed E-state index contributed by atoms with van der Waals surface area (Å²) in [5.41, 5.74) is 3.38. The van der Waals surface area contributed by atoms with Crippen molar-refractivity contribution in [2.45, 2.75) is 12.9 Å². The molecule has 0 saturated carbocycles. The number of nitrogen functional groups attached to an aromatic ring is 1. The minimum atomic E-state index is -3.56. The number of nitrogens with one attached hydrogen (secondary N) is 1. The lowest BCUT2D eigenvalue weighted by Gasteiger charge is -2.25. The minimum Gasteiger partial charge on any atom is -0.409 e. The van der Waals surface area contributed by atoms with E-state index in [0.717, 1.165) is 0 Å². The minimum absolute atomic E-state index is 0. The zero-order chi connectivity index (χ0) is 10.2. The predicted octanol–water partition coefficient (Wildman–Crippen LogP) is 1.85. The van der Waals surface area contributed by atoms with Crippen molar-refractivity contribution in [1.29, 1.82) is 0 Å². The third-order valence-corrected chi connectivity index (χ3v) is 1.90. The van der Waals surface area contributed by atoms with E-state index in [9.17, 15) is 8.78 Å². The fraction of sp³-hybridized carbons (Fsp3) is 0.250. The molecule has 1 aromatic rings. The molecule has 1 aliphatic rings. The molecule has 7 heteroatoms. The fourth-order valence-electron chi connectivity index (χ4n) is 1.26. The van der Waals surface area contributed by atoms with Gasteiger partial charge >= 0.3 is 6.29 Å². The van der Waals surface area contributed by atoms with Gasteiger partial charge in [0, 0.05) is 5.56 Å². The van der Waals surface area contributed by atoms with Crippen LogP contribution in [0.1, 0.15) is 5.56 Å². The van der Waals surface area contributed by atoms with Crippen molar-refractivity contribution < 1.29 is 18.3 Å². The average molecular weight is 239 g/mol. The zero-order valence-corrected chi connectivity index (χ0v) is 8.31. The van der Waals surface area contributed by atoms with Gasteiger partial charge in [0.15, 0.2) is 0 Å². The highest BCUT2D eigenvalue weighted by molar-refractivity contribution is 5.85. The Morgan fingerprint density at radius 3 is 2.80 bits per heavy atom. The molecule has 3 N–H and O–H groups in total. The number of hydrogen-bond acceptors (Lipinski definition) is 4. The fourth-order valence-corrected chi connectivity index (χ4v) is 1.26. The van der Waals surface area contributed by atoms with Crippen molar-refractivity contribution >= 4 is 18.1 Å². The molecule has 0 aromatic heterocycles. The maximum Gasteiger partial charge on any atom is 0.535 e. The van der Waals surface area contributed by atoms with Crippen LogP contribution in [-0.4, -0.2) is 6.29 Å². The van der Waals surface area contributed by atoms with Gasteiger partial charge in [-0.15, -0.1) is 21.2 Å². The van der Waals surface area contributed by atoms with Crippen molar-refractivity contribution in [3.05, 3.63) is 23.8 Å². The van der Waals surface area contributed by atoms with Crippen LogP contribution < -0.4 is 16.0 Å². The molecule has 0 bridgehead atoms. The van der Waals surface area contributed by atoms with Crippen molar-refractivity contribution in [2.75, 3.05) is 5.43 Å². The summed E-state index contributed by atoms with van der Waals surface area (Å²) in [4.78, 5) is 0. The second kappa shape index (κ2) is 4.18. The van der Waals surface area contributed by atoms with E-state index in [-0.39, 0.29) is 24.8 Å². The second-order valence-corrected chi connectivity index (χ2v) is 2.78. The van der Waals surface area contributed by atoms with Crippen LogP contribution in [0.5, 0.6) is 5.75 Å². The molecular weight excluding hydrogens is 230 g/mol. The lowest BCUT2D eigenvalue weighted by Crippen LogP contribution is -2.32. The average Bonchev–Trinajstić information content (AvgIpc) is 2.15. The van der Waals surface area contributed by atoms with Crippen LogP contribution in [-0.2, 0) is 11.3 Å². The number of alkyl halides is 2. The number of nitrogens with two attached hydrogens (primary N) is 1. The third kappa shape index (κ3) is 2.28. The normalized spacial score (nSPS) is 17.0. The Balaban J connectivity index is 0.00000112. The lowest BCUT2D eigenvalue weighted by atomic mass is 10.1.